The van der Waals surface area contributed by atoms with Crippen LogP contribution in [0, 0.1) is 5.92 Å². The van der Waals surface area contributed by atoms with Crippen LogP contribution in [0.4, 0.5) is 0 Å². The zero-order chi connectivity index (χ0) is 42.1. The summed E-state index contributed by atoms with van der Waals surface area (Å²) in [5.74, 6) is -9.05. The second-order valence-corrected chi connectivity index (χ2v) is 12.8. The van der Waals surface area contributed by atoms with Gasteiger partial charge in [0.1, 0.15) is 18.1 Å². The van der Waals surface area contributed by atoms with Gasteiger partial charge < -0.3 is 65.1 Å². The van der Waals surface area contributed by atoms with Gasteiger partial charge in [0.2, 0.25) is 65.0 Å². The highest BCUT2D eigenvalue weighted by Crippen LogP contribution is 2.09. The van der Waals surface area contributed by atoms with E-state index in [9.17, 15) is 52.7 Å². The Kier molecular flexibility index (Phi) is 24.0. The maximum Gasteiger partial charge on any atom is 0.245 e. The van der Waals surface area contributed by atoms with Crippen LogP contribution in [-0.2, 0) is 52.7 Å². The molecule has 0 aliphatic carbocycles. The third kappa shape index (κ3) is 23.4. The van der Waals surface area contributed by atoms with Crippen LogP contribution in [-0.4, -0.2) is 134 Å². The molecule has 3 atom stereocenters. The Hall–Kier alpha value is -5.87. The van der Waals surface area contributed by atoms with Crippen LogP contribution in [0.3, 0.4) is 0 Å². The number of hydrogen-bond donors (Lipinski definition) is 11. The molecule has 0 rings (SSSR count). The van der Waals surface area contributed by atoms with Gasteiger partial charge in [-0.3, -0.25) is 52.7 Å². The number of hydrogen-bond acceptors (Lipinski definition) is 12. The summed E-state index contributed by atoms with van der Waals surface area (Å²) in [6.07, 6.45) is -0.690. The first kappa shape index (κ1) is 49.1. The minimum absolute atomic E-state index is 0.0651. The van der Waals surface area contributed by atoms with Gasteiger partial charge >= 0.3 is 0 Å². The number of nitrogens with one attached hydrogen (secondary N) is 7. The molecule has 2 unspecified atom stereocenters. The van der Waals surface area contributed by atoms with Crippen LogP contribution in [0.25, 0.3) is 0 Å². The van der Waals surface area contributed by atoms with E-state index < -0.39 is 135 Å². The van der Waals surface area contributed by atoms with Gasteiger partial charge in [-0.2, -0.15) is 0 Å². The predicted molar refractivity (Wildman–Crippen MR) is 194 cm³/mol. The Morgan fingerprint density at radius 2 is 1.13 bits per heavy atom. The smallest absolute Gasteiger partial charge is 0.245 e. The molecule has 15 N–H and O–H groups in total. The van der Waals surface area contributed by atoms with E-state index in [0.717, 1.165) is 4.90 Å². The minimum Gasteiger partial charge on any atom is -0.370 e. The van der Waals surface area contributed by atoms with Gasteiger partial charge in [-0.05, 0) is 38.1 Å². The summed E-state index contributed by atoms with van der Waals surface area (Å²) in [6.45, 7) is 2.51. The number of nitrogens with two attached hydrogens (primary N) is 4. The molecule has 0 heterocycles. The zero-order valence-corrected chi connectivity index (χ0v) is 31.5. The fourth-order valence-corrected chi connectivity index (χ4v) is 4.65. The number of carbonyl (C=O) groups is 11. The average molecular weight is 785 g/mol. The molecule has 310 valence electrons. The first-order valence-corrected chi connectivity index (χ1v) is 17.6. The van der Waals surface area contributed by atoms with Gasteiger partial charge in [-0.15, -0.1) is 0 Å². The van der Waals surface area contributed by atoms with Crippen molar-refractivity contribution in [2.75, 3.05) is 45.8 Å². The SMILES string of the molecule is CCCC(=O)NCC(=O)N[C@@H](CC(N)=O)C(=O)NC(CCC(=O)NCC(=O)NCC(N)=O)C(=O)N(CCCN)CC(=O)NC(CC(C)C)C(=O)NCC(N)=O. The lowest BCUT2D eigenvalue weighted by Crippen LogP contribution is -2.57. The summed E-state index contributed by atoms with van der Waals surface area (Å²) in [4.78, 5) is 137. The molecule has 11 amide bonds. The standard InChI is InChI=1S/C32H56N12O11/c1-4-6-25(48)39-16-28(51)41-21(12-22(34)45)31(54)43-19(7-8-26(49)38-15-27(50)37-13-23(35)46)32(55)44(10-5-9-33)17-29(52)42-20(11-18(2)3)30(53)40-14-24(36)47/h18-21H,4-17,33H2,1-3H3,(H2,34,45)(H2,35,46)(H2,36,47)(H,37,50)(H,38,49)(H,39,48)(H,40,53)(H,41,51)(H,42,52)(H,43,54)/t19?,20?,21-/m0/s1. The van der Waals surface area contributed by atoms with Crippen molar-refractivity contribution in [1.82, 2.24) is 42.1 Å². The normalized spacial score (nSPS) is 12.2. The highest BCUT2D eigenvalue weighted by Gasteiger charge is 2.32. The molecule has 0 aliphatic rings. The lowest BCUT2D eigenvalue weighted by atomic mass is 10.0. The Morgan fingerprint density at radius 3 is 1.67 bits per heavy atom. The van der Waals surface area contributed by atoms with E-state index in [1.807, 2.05) is 0 Å². The Morgan fingerprint density at radius 1 is 0.582 bits per heavy atom. The van der Waals surface area contributed by atoms with Gasteiger partial charge in [-0.25, -0.2) is 0 Å². The van der Waals surface area contributed by atoms with E-state index in [-0.39, 0.29) is 38.3 Å². The molecule has 0 fully saturated rings. The number of nitrogens with zero attached hydrogens (tertiary/aromatic N) is 1. The van der Waals surface area contributed by atoms with Crippen LogP contribution >= 0.6 is 0 Å². The van der Waals surface area contributed by atoms with Gasteiger partial charge in [0.15, 0.2) is 0 Å². The monoisotopic (exact) mass is 784 g/mol. The predicted octanol–water partition coefficient (Wildman–Crippen LogP) is -6.44. The van der Waals surface area contributed by atoms with Crippen LogP contribution in [0.5, 0.6) is 0 Å². The van der Waals surface area contributed by atoms with E-state index in [2.05, 4.69) is 37.2 Å². The van der Waals surface area contributed by atoms with Gasteiger partial charge in [-0.1, -0.05) is 20.8 Å². The number of rotatable bonds is 28. The fourth-order valence-electron chi connectivity index (χ4n) is 4.65. The van der Waals surface area contributed by atoms with Gasteiger partial charge in [0.25, 0.3) is 0 Å². The Labute approximate surface area is 318 Å². The minimum atomic E-state index is -1.64. The quantitative estimate of drug-likeness (QED) is 0.0353. The largest absolute Gasteiger partial charge is 0.370 e. The summed E-state index contributed by atoms with van der Waals surface area (Å²) in [6, 6.07) is -4.35. The summed E-state index contributed by atoms with van der Waals surface area (Å²) < 4.78 is 0. The molecule has 0 aromatic carbocycles. The van der Waals surface area contributed by atoms with E-state index in [1.165, 1.54) is 0 Å². The highest BCUT2D eigenvalue weighted by atomic mass is 16.2. The van der Waals surface area contributed by atoms with Gasteiger partial charge in [0.05, 0.1) is 39.1 Å². The van der Waals surface area contributed by atoms with Crippen LogP contribution in [0.15, 0.2) is 0 Å². The molecule has 0 saturated carbocycles. The van der Waals surface area contributed by atoms with Crippen LogP contribution in [0.1, 0.15) is 65.7 Å². The second kappa shape index (κ2) is 26.8. The van der Waals surface area contributed by atoms with Crippen molar-refractivity contribution >= 4 is 65.0 Å². The van der Waals surface area contributed by atoms with Crippen LogP contribution in [0.2, 0.25) is 0 Å². The van der Waals surface area contributed by atoms with Crippen molar-refractivity contribution in [2.24, 2.45) is 28.9 Å². The molecule has 23 heteroatoms. The lowest BCUT2D eigenvalue weighted by Gasteiger charge is -2.29. The molecule has 0 bridgehead atoms. The summed E-state index contributed by atoms with van der Waals surface area (Å²) in [5.41, 5.74) is 21.1. The van der Waals surface area contributed by atoms with Crippen molar-refractivity contribution in [3.8, 4) is 0 Å². The molecule has 0 spiro atoms. The maximum absolute atomic E-state index is 14.0. The summed E-state index contributed by atoms with van der Waals surface area (Å²) in [5, 5.41) is 16.3. The Balaban J connectivity index is 6.32. The molecular weight excluding hydrogens is 728 g/mol. The van der Waals surface area contributed by atoms with E-state index in [1.54, 1.807) is 20.8 Å². The summed E-state index contributed by atoms with van der Waals surface area (Å²) in [7, 11) is 0. The molecule has 23 nitrogen and oxygen atoms in total. The van der Waals surface area contributed by atoms with Crippen molar-refractivity contribution in [3.63, 3.8) is 0 Å². The van der Waals surface area contributed by atoms with E-state index in [4.69, 9.17) is 22.9 Å². The van der Waals surface area contributed by atoms with Gasteiger partial charge in [0, 0.05) is 19.4 Å². The molecular formula is C32H56N12O11. The van der Waals surface area contributed by atoms with Crippen LogP contribution < -0.4 is 60.2 Å². The molecule has 0 saturated heterocycles. The highest BCUT2D eigenvalue weighted by molar-refractivity contribution is 5.97. The van der Waals surface area contributed by atoms with Crippen molar-refractivity contribution < 1.29 is 52.7 Å². The fraction of sp³-hybridized carbons (Fsp3) is 0.656. The number of primary amides is 3. The average Bonchev–Trinajstić information content (AvgIpc) is 3.10. The van der Waals surface area contributed by atoms with Crippen molar-refractivity contribution in [2.45, 2.75) is 83.8 Å². The summed E-state index contributed by atoms with van der Waals surface area (Å²) >= 11 is 0. The number of amides is 11. The molecule has 0 aliphatic heterocycles. The lowest BCUT2D eigenvalue weighted by molar-refractivity contribution is -0.141. The van der Waals surface area contributed by atoms with E-state index in [0.29, 0.717) is 6.42 Å². The Bertz CT molecular complexity index is 1390. The topological polar surface area (TPSA) is 379 Å². The molecule has 55 heavy (non-hydrogen) atoms. The van der Waals surface area contributed by atoms with E-state index >= 15 is 0 Å². The second-order valence-electron chi connectivity index (χ2n) is 12.8. The third-order valence-electron chi connectivity index (χ3n) is 7.23. The zero-order valence-electron chi connectivity index (χ0n) is 31.5. The van der Waals surface area contributed by atoms with Crippen molar-refractivity contribution in [3.05, 3.63) is 0 Å². The van der Waals surface area contributed by atoms with Crippen molar-refractivity contribution in [1.29, 1.82) is 0 Å². The number of carbonyl (C=O) groups excluding carboxylic acids is 11. The molecule has 0 radical (unpaired) electrons. The maximum atomic E-state index is 14.0. The molecule has 0 aromatic rings. The first-order valence-electron chi connectivity index (χ1n) is 17.6. The first-order chi connectivity index (χ1) is 25.8. The molecule has 0 aromatic heterocycles. The third-order valence-corrected chi connectivity index (χ3v) is 7.23.